The molecule has 1 atom stereocenters. The zero-order valence-corrected chi connectivity index (χ0v) is 14.2. The zero-order chi connectivity index (χ0) is 16.8. The summed E-state index contributed by atoms with van der Waals surface area (Å²) >= 11 is 5.34. The number of anilines is 1. The van der Waals surface area contributed by atoms with Crippen LogP contribution >= 0.6 is 12.2 Å². The van der Waals surface area contributed by atoms with Gasteiger partial charge in [-0.15, -0.1) is 0 Å². The Labute approximate surface area is 141 Å². The normalized spacial score (nSPS) is 11.4. The Morgan fingerprint density at radius 3 is 2.48 bits per heavy atom. The van der Waals surface area contributed by atoms with Crippen molar-refractivity contribution in [1.82, 2.24) is 5.32 Å². The first kappa shape index (κ1) is 17.0. The number of hydrogen-bond acceptors (Lipinski definition) is 3. The van der Waals surface area contributed by atoms with Gasteiger partial charge in [-0.25, -0.2) is 0 Å². The third kappa shape index (κ3) is 4.79. The van der Waals surface area contributed by atoms with E-state index >= 15 is 0 Å². The van der Waals surface area contributed by atoms with Crippen molar-refractivity contribution < 1.29 is 9.53 Å². The topological polar surface area (TPSA) is 50.4 Å². The number of ketones is 1. The van der Waals surface area contributed by atoms with Gasteiger partial charge in [0.2, 0.25) is 0 Å². The van der Waals surface area contributed by atoms with Gasteiger partial charge in [0.05, 0.1) is 13.2 Å². The second kappa shape index (κ2) is 7.74. The van der Waals surface area contributed by atoms with E-state index in [1.54, 1.807) is 26.2 Å². The number of methoxy groups -OCH3 is 1. The van der Waals surface area contributed by atoms with Gasteiger partial charge >= 0.3 is 0 Å². The maximum Gasteiger partial charge on any atom is 0.171 e. The third-order valence-corrected chi connectivity index (χ3v) is 3.71. The Hall–Kier alpha value is -2.40. The lowest BCUT2D eigenvalue weighted by Gasteiger charge is -2.18. The minimum absolute atomic E-state index is 0.0431. The summed E-state index contributed by atoms with van der Waals surface area (Å²) in [5, 5.41) is 6.87. The molecule has 0 radical (unpaired) electrons. The number of Topliss-reactive ketones (excluding diaryl/α,β-unsaturated/α-hetero) is 1. The van der Waals surface area contributed by atoms with Crippen LogP contribution in [0.1, 0.15) is 35.8 Å². The van der Waals surface area contributed by atoms with Crippen LogP contribution in [-0.4, -0.2) is 18.0 Å². The summed E-state index contributed by atoms with van der Waals surface area (Å²) in [6, 6.07) is 15.1. The number of thiocarbonyl (C=S) groups is 1. The summed E-state index contributed by atoms with van der Waals surface area (Å²) in [6.45, 7) is 3.58. The van der Waals surface area contributed by atoms with Crippen LogP contribution in [0, 0.1) is 0 Å². The van der Waals surface area contributed by atoms with Crippen molar-refractivity contribution in [3.63, 3.8) is 0 Å². The van der Waals surface area contributed by atoms with Crippen LogP contribution in [0.2, 0.25) is 0 Å². The van der Waals surface area contributed by atoms with E-state index in [0.29, 0.717) is 10.7 Å². The molecule has 0 aliphatic heterocycles. The van der Waals surface area contributed by atoms with Gasteiger partial charge in [0.15, 0.2) is 10.9 Å². The highest BCUT2D eigenvalue weighted by atomic mass is 32.1. The third-order valence-electron chi connectivity index (χ3n) is 3.49. The molecule has 0 saturated carbocycles. The number of ether oxygens (including phenoxy) is 1. The summed E-state index contributed by atoms with van der Waals surface area (Å²) < 4.78 is 5.23. The van der Waals surface area contributed by atoms with E-state index in [1.165, 1.54) is 0 Å². The molecule has 0 amide bonds. The van der Waals surface area contributed by atoms with E-state index in [2.05, 4.69) is 10.6 Å². The molecule has 4 nitrogen and oxygen atoms in total. The van der Waals surface area contributed by atoms with Crippen molar-refractivity contribution in [3.05, 3.63) is 59.7 Å². The summed E-state index contributed by atoms with van der Waals surface area (Å²) in [4.78, 5) is 11.3. The van der Waals surface area contributed by atoms with Crippen molar-refractivity contribution in [1.29, 1.82) is 0 Å². The summed E-state index contributed by atoms with van der Waals surface area (Å²) in [6.07, 6.45) is 0. The molecule has 0 aromatic heterocycles. The molecule has 0 fully saturated rings. The number of rotatable bonds is 5. The molecular weight excluding hydrogens is 308 g/mol. The van der Waals surface area contributed by atoms with Gasteiger partial charge in [-0.3, -0.25) is 4.79 Å². The van der Waals surface area contributed by atoms with Gasteiger partial charge in [-0.1, -0.05) is 12.1 Å². The molecule has 0 bridgehead atoms. The lowest BCUT2D eigenvalue weighted by atomic mass is 10.1. The van der Waals surface area contributed by atoms with Gasteiger partial charge in [0, 0.05) is 11.3 Å². The van der Waals surface area contributed by atoms with Gasteiger partial charge in [-0.2, -0.15) is 0 Å². The van der Waals surface area contributed by atoms with Gasteiger partial charge in [0.1, 0.15) is 5.75 Å². The van der Waals surface area contributed by atoms with Crippen molar-refractivity contribution in [3.8, 4) is 5.75 Å². The smallest absolute Gasteiger partial charge is 0.171 e. The largest absolute Gasteiger partial charge is 0.497 e. The molecule has 120 valence electrons. The summed E-state index contributed by atoms with van der Waals surface area (Å²) in [5.74, 6) is 0.860. The molecule has 0 heterocycles. The molecule has 2 rings (SSSR count). The molecule has 2 aromatic rings. The van der Waals surface area contributed by atoms with Crippen LogP contribution < -0.4 is 15.4 Å². The van der Waals surface area contributed by atoms with Crippen LogP contribution in [-0.2, 0) is 0 Å². The van der Waals surface area contributed by atoms with Crippen molar-refractivity contribution in [2.75, 3.05) is 12.4 Å². The predicted molar refractivity (Wildman–Crippen MR) is 97.2 cm³/mol. The molecule has 0 spiro atoms. The van der Waals surface area contributed by atoms with Gasteiger partial charge < -0.3 is 15.4 Å². The standard InChI is InChI=1S/C18H20N2O2S/c1-12(15-5-4-6-17(11-15)22-3)19-18(23)20-16-9-7-14(8-10-16)13(2)21/h4-12H,1-3H3,(H2,19,20,23)/t12-/m1/s1. The van der Waals surface area contributed by atoms with E-state index in [9.17, 15) is 4.79 Å². The van der Waals surface area contributed by atoms with E-state index < -0.39 is 0 Å². The summed E-state index contributed by atoms with van der Waals surface area (Å²) in [7, 11) is 1.65. The minimum Gasteiger partial charge on any atom is -0.497 e. The van der Waals surface area contributed by atoms with Gasteiger partial charge in [-0.05, 0) is 68.0 Å². The van der Waals surface area contributed by atoms with Crippen molar-refractivity contribution in [2.45, 2.75) is 19.9 Å². The Balaban J connectivity index is 1.96. The maximum atomic E-state index is 11.3. The minimum atomic E-state index is 0.0431. The zero-order valence-electron chi connectivity index (χ0n) is 13.4. The molecule has 2 aromatic carbocycles. The average molecular weight is 328 g/mol. The molecular formula is C18H20N2O2S. The number of benzene rings is 2. The highest BCUT2D eigenvalue weighted by molar-refractivity contribution is 7.80. The lowest BCUT2D eigenvalue weighted by Crippen LogP contribution is -2.30. The maximum absolute atomic E-state index is 11.3. The molecule has 0 unspecified atom stereocenters. The van der Waals surface area contributed by atoms with Crippen LogP contribution in [0.4, 0.5) is 5.69 Å². The average Bonchev–Trinajstić information content (AvgIpc) is 2.55. The fraction of sp³-hybridized carbons (Fsp3) is 0.222. The first-order chi connectivity index (χ1) is 11.0. The number of carbonyl (C=O) groups is 1. The number of carbonyl (C=O) groups excluding carboxylic acids is 1. The summed E-state index contributed by atoms with van der Waals surface area (Å²) in [5.41, 5.74) is 2.60. The monoisotopic (exact) mass is 328 g/mol. The highest BCUT2D eigenvalue weighted by Crippen LogP contribution is 2.19. The van der Waals surface area contributed by atoms with E-state index in [1.807, 2.05) is 43.3 Å². The quantitative estimate of drug-likeness (QED) is 0.643. The second-order valence-corrected chi connectivity index (χ2v) is 5.64. The van der Waals surface area contributed by atoms with Crippen LogP contribution in [0.3, 0.4) is 0 Å². The number of hydrogen-bond donors (Lipinski definition) is 2. The Kier molecular flexibility index (Phi) is 5.71. The molecule has 5 heteroatoms. The Morgan fingerprint density at radius 1 is 1.17 bits per heavy atom. The van der Waals surface area contributed by atoms with Crippen LogP contribution in [0.15, 0.2) is 48.5 Å². The first-order valence-corrected chi connectivity index (χ1v) is 7.73. The first-order valence-electron chi connectivity index (χ1n) is 7.32. The van der Waals surface area contributed by atoms with Crippen LogP contribution in [0.25, 0.3) is 0 Å². The van der Waals surface area contributed by atoms with Crippen LogP contribution in [0.5, 0.6) is 5.75 Å². The Bertz CT molecular complexity index is 698. The number of nitrogens with one attached hydrogen (secondary N) is 2. The van der Waals surface area contributed by atoms with Crippen molar-refractivity contribution in [2.24, 2.45) is 0 Å². The van der Waals surface area contributed by atoms with Gasteiger partial charge in [0.25, 0.3) is 0 Å². The highest BCUT2D eigenvalue weighted by Gasteiger charge is 2.08. The van der Waals surface area contributed by atoms with E-state index in [-0.39, 0.29) is 11.8 Å². The molecule has 0 saturated heterocycles. The lowest BCUT2D eigenvalue weighted by molar-refractivity contribution is 0.101. The fourth-order valence-corrected chi connectivity index (χ4v) is 2.44. The predicted octanol–water partition coefficient (Wildman–Crippen LogP) is 3.95. The molecule has 23 heavy (non-hydrogen) atoms. The second-order valence-electron chi connectivity index (χ2n) is 5.23. The molecule has 0 aliphatic carbocycles. The SMILES string of the molecule is COc1cccc([C@@H](C)NC(=S)Nc2ccc(C(C)=O)cc2)c1. The molecule has 2 N–H and O–H groups in total. The van der Waals surface area contributed by atoms with E-state index in [0.717, 1.165) is 17.0 Å². The molecule has 0 aliphatic rings. The van der Waals surface area contributed by atoms with Crippen molar-refractivity contribution >= 4 is 28.8 Å². The fourth-order valence-electron chi connectivity index (χ4n) is 2.15. The van der Waals surface area contributed by atoms with E-state index in [4.69, 9.17) is 17.0 Å². The Morgan fingerprint density at radius 2 is 1.87 bits per heavy atom.